The van der Waals surface area contributed by atoms with Gasteiger partial charge in [-0.2, -0.15) is 0 Å². The van der Waals surface area contributed by atoms with Crippen LogP contribution in [0.1, 0.15) is 12.8 Å². The Balaban J connectivity index is 1.91. The van der Waals surface area contributed by atoms with E-state index in [9.17, 15) is 0 Å². The fourth-order valence-electron chi connectivity index (χ4n) is 1.79. The van der Waals surface area contributed by atoms with Gasteiger partial charge in [0.1, 0.15) is 0 Å². The van der Waals surface area contributed by atoms with Crippen molar-refractivity contribution in [1.82, 2.24) is 10.6 Å². The van der Waals surface area contributed by atoms with E-state index in [0.29, 0.717) is 12.1 Å². The molecule has 11 heavy (non-hydrogen) atoms. The fraction of sp³-hybridized carbons (Fsp3) is 0.875. The van der Waals surface area contributed by atoms with E-state index in [2.05, 4.69) is 21.8 Å². The molecule has 0 aliphatic carbocycles. The van der Waals surface area contributed by atoms with Crippen LogP contribution in [0.15, 0.2) is 4.99 Å². The van der Waals surface area contributed by atoms with Gasteiger partial charge in [0.25, 0.3) is 0 Å². The van der Waals surface area contributed by atoms with E-state index in [1.165, 1.54) is 12.8 Å². The highest BCUT2D eigenvalue weighted by Gasteiger charge is 2.23. The fourth-order valence-corrected chi connectivity index (χ4v) is 1.79. The van der Waals surface area contributed by atoms with Crippen LogP contribution < -0.4 is 10.6 Å². The van der Waals surface area contributed by atoms with Crippen molar-refractivity contribution in [2.75, 3.05) is 19.6 Å². The molecule has 0 aromatic carbocycles. The molecule has 0 bridgehead atoms. The third-order valence-corrected chi connectivity index (χ3v) is 2.40. The Bertz CT molecular complexity index is 149. The van der Waals surface area contributed by atoms with Crippen LogP contribution in [0.3, 0.4) is 0 Å². The van der Waals surface area contributed by atoms with Gasteiger partial charge < -0.3 is 10.6 Å². The molecule has 0 amide bonds. The first-order valence-corrected chi connectivity index (χ1v) is 4.43. The summed E-state index contributed by atoms with van der Waals surface area (Å²) < 4.78 is 0. The maximum atomic E-state index is 4.30. The summed E-state index contributed by atoms with van der Waals surface area (Å²) in [6, 6.07) is 0. The first kappa shape index (κ1) is 7.25. The van der Waals surface area contributed by atoms with Gasteiger partial charge in [0.15, 0.2) is 0 Å². The molecule has 3 nitrogen and oxygen atoms in total. The lowest BCUT2D eigenvalue weighted by Gasteiger charge is -2.22. The zero-order chi connectivity index (χ0) is 7.52. The zero-order valence-electron chi connectivity index (χ0n) is 6.71. The Labute approximate surface area is 67.3 Å². The van der Waals surface area contributed by atoms with Gasteiger partial charge in [0.05, 0.1) is 6.17 Å². The second-order valence-electron chi connectivity index (χ2n) is 3.25. The SMILES string of the molecule is C1=NCCCC1C1NCCN1. The molecule has 1 fully saturated rings. The van der Waals surface area contributed by atoms with Gasteiger partial charge in [0, 0.05) is 31.8 Å². The first-order valence-electron chi connectivity index (χ1n) is 4.43. The maximum absolute atomic E-state index is 4.30. The van der Waals surface area contributed by atoms with E-state index in [1.807, 2.05) is 0 Å². The Morgan fingerprint density at radius 1 is 1.27 bits per heavy atom. The van der Waals surface area contributed by atoms with E-state index in [4.69, 9.17) is 0 Å². The second kappa shape index (κ2) is 3.32. The molecule has 1 saturated heterocycles. The molecule has 0 saturated carbocycles. The predicted molar refractivity (Wildman–Crippen MR) is 45.9 cm³/mol. The van der Waals surface area contributed by atoms with Crippen molar-refractivity contribution in [3.63, 3.8) is 0 Å². The molecular weight excluding hydrogens is 138 g/mol. The van der Waals surface area contributed by atoms with Crippen molar-refractivity contribution in [3.8, 4) is 0 Å². The van der Waals surface area contributed by atoms with Crippen molar-refractivity contribution >= 4 is 6.21 Å². The minimum absolute atomic E-state index is 0.499. The molecule has 1 atom stereocenters. The quantitative estimate of drug-likeness (QED) is 0.555. The van der Waals surface area contributed by atoms with E-state index in [-0.39, 0.29) is 0 Å². The number of nitrogens with zero attached hydrogens (tertiary/aromatic N) is 1. The standard InChI is InChI=1S/C8H15N3/c1-2-7(6-9-3-1)8-10-4-5-11-8/h6-8,10-11H,1-5H2. The van der Waals surface area contributed by atoms with Gasteiger partial charge in [-0.1, -0.05) is 0 Å². The number of hydrogen-bond acceptors (Lipinski definition) is 3. The summed E-state index contributed by atoms with van der Waals surface area (Å²) in [6.45, 7) is 3.24. The number of nitrogens with one attached hydrogen (secondary N) is 2. The molecular formula is C8H15N3. The summed E-state index contributed by atoms with van der Waals surface area (Å²) in [7, 11) is 0. The molecule has 0 spiro atoms. The van der Waals surface area contributed by atoms with Crippen LogP contribution >= 0.6 is 0 Å². The maximum Gasteiger partial charge on any atom is 0.0652 e. The van der Waals surface area contributed by atoms with E-state index < -0.39 is 0 Å². The van der Waals surface area contributed by atoms with Crippen molar-refractivity contribution < 1.29 is 0 Å². The van der Waals surface area contributed by atoms with Gasteiger partial charge in [-0.25, -0.2) is 0 Å². The zero-order valence-corrected chi connectivity index (χ0v) is 6.71. The van der Waals surface area contributed by atoms with Crippen LogP contribution in [0.2, 0.25) is 0 Å². The van der Waals surface area contributed by atoms with Crippen LogP contribution in [0.5, 0.6) is 0 Å². The number of hydrogen-bond donors (Lipinski definition) is 2. The van der Waals surface area contributed by atoms with Crippen LogP contribution in [0.4, 0.5) is 0 Å². The predicted octanol–water partition coefficient (Wildman–Crippen LogP) is -0.0139. The van der Waals surface area contributed by atoms with E-state index >= 15 is 0 Å². The normalized spacial score (nSPS) is 32.9. The van der Waals surface area contributed by atoms with Crippen molar-refractivity contribution in [1.29, 1.82) is 0 Å². The third-order valence-electron chi connectivity index (χ3n) is 2.40. The lowest BCUT2D eigenvalue weighted by atomic mass is 9.99. The highest BCUT2D eigenvalue weighted by Crippen LogP contribution is 2.13. The summed E-state index contributed by atoms with van der Waals surface area (Å²) in [5.41, 5.74) is 0. The molecule has 0 radical (unpaired) electrons. The highest BCUT2D eigenvalue weighted by molar-refractivity contribution is 5.62. The number of aliphatic imine (C=N–C) groups is 1. The average molecular weight is 153 g/mol. The first-order chi connectivity index (χ1) is 5.47. The van der Waals surface area contributed by atoms with Gasteiger partial charge in [-0.15, -0.1) is 0 Å². The topological polar surface area (TPSA) is 36.4 Å². The minimum Gasteiger partial charge on any atom is -0.300 e. The van der Waals surface area contributed by atoms with Gasteiger partial charge in [-0.3, -0.25) is 4.99 Å². The van der Waals surface area contributed by atoms with Crippen LogP contribution in [-0.2, 0) is 0 Å². The van der Waals surface area contributed by atoms with Crippen LogP contribution in [0, 0.1) is 5.92 Å². The smallest absolute Gasteiger partial charge is 0.0652 e. The Morgan fingerprint density at radius 3 is 2.73 bits per heavy atom. The van der Waals surface area contributed by atoms with Crippen molar-refractivity contribution in [2.45, 2.75) is 19.0 Å². The molecule has 0 aromatic rings. The van der Waals surface area contributed by atoms with Gasteiger partial charge >= 0.3 is 0 Å². The summed E-state index contributed by atoms with van der Waals surface area (Å²) in [5.74, 6) is 0.631. The van der Waals surface area contributed by atoms with Gasteiger partial charge in [-0.05, 0) is 12.8 Å². The lowest BCUT2D eigenvalue weighted by molar-refractivity contribution is 0.413. The molecule has 2 rings (SSSR count). The third kappa shape index (κ3) is 1.60. The molecule has 2 aliphatic rings. The second-order valence-corrected chi connectivity index (χ2v) is 3.25. The minimum atomic E-state index is 0.499. The van der Waals surface area contributed by atoms with Crippen molar-refractivity contribution in [3.05, 3.63) is 0 Å². The molecule has 62 valence electrons. The van der Waals surface area contributed by atoms with E-state index in [0.717, 1.165) is 19.6 Å². The molecule has 1 unspecified atom stereocenters. The lowest BCUT2D eigenvalue weighted by Crippen LogP contribution is -2.40. The molecule has 0 aromatic heterocycles. The van der Waals surface area contributed by atoms with Crippen LogP contribution in [0.25, 0.3) is 0 Å². The summed E-state index contributed by atoms with van der Waals surface area (Å²) in [5, 5.41) is 6.85. The number of rotatable bonds is 1. The molecule has 2 heterocycles. The Morgan fingerprint density at radius 2 is 2.09 bits per heavy atom. The molecule has 2 aliphatic heterocycles. The largest absolute Gasteiger partial charge is 0.300 e. The summed E-state index contributed by atoms with van der Waals surface area (Å²) >= 11 is 0. The molecule has 3 heteroatoms. The van der Waals surface area contributed by atoms with Crippen molar-refractivity contribution in [2.24, 2.45) is 10.9 Å². The molecule has 2 N–H and O–H groups in total. The van der Waals surface area contributed by atoms with Gasteiger partial charge in [0.2, 0.25) is 0 Å². The monoisotopic (exact) mass is 153 g/mol. The Hall–Kier alpha value is -0.410. The van der Waals surface area contributed by atoms with Crippen LogP contribution in [-0.4, -0.2) is 32.0 Å². The Kier molecular flexibility index (Phi) is 2.19. The van der Waals surface area contributed by atoms with E-state index in [1.54, 1.807) is 0 Å². The summed E-state index contributed by atoms with van der Waals surface area (Å²) in [6.07, 6.45) is 5.15. The highest BCUT2D eigenvalue weighted by atomic mass is 15.2. The summed E-state index contributed by atoms with van der Waals surface area (Å²) in [4.78, 5) is 4.30. The average Bonchev–Trinajstić information content (AvgIpc) is 2.58.